The topological polar surface area (TPSA) is 101 Å². The van der Waals surface area contributed by atoms with Gasteiger partial charge in [-0.15, -0.1) is 0 Å². The van der Waals surface area contributed by atoms with E-state index in [1.807, 2.05) is 0 Å². The van der Waals surface area contributed by atoms with Gasteiger partial charge in [-0.05, 0) is 13.8 Å². The third-order valence-corrected chi connectivity index (χ3v) is 9.78. The summed E-state index contributed by atoms with van der Waals surface area (Å²) < 4.78 is 438. The Morgan fingerprint density at radius 2 is 0.717 bits per heavy atom. The molecular weight excluding hydrogens is 985 g/mol. The van der Waals surface area contributed by atoms with Crippen molar-refractivity contribution in [2.45, 2.75) is 115 Å². The van der Waals surface area contributed by atoms with Crippen molar-refractivity contribution < 1.29 is 149 Å². The Balaban J connectivity index is 6.92. The van der Waals surface area contributed by atoms with Crippen molar-refractivity contribution in [2.24, 2.45) is 0 Å². The van der Waals surface area contributed by atoms with Gasteiger partial charge < -0.3 is 5.32 Å². The SMILES string of the molecule is CC(C)(CS(=O)(=O)O)NC(=O)CCS(=O)CCC(F)(F)C(F)(F)C(F)(F)C(F)(F)C(F)(F)C(F)(F)C(F)(F)C(F)(F)C(F)(F)C(F)(F)C(F)(F)C(F)(F)C(F)(F)C(F)(F)F. The second-order valence-corrected chi connectivity index (χ2v) is 15.7. The van der Waals surface area contributed by atoms with Crippen LogP contribution >= 0.6 is 0 Å². The number of hydrogen-bond acceptors (Lipinski definition) is 4. The maximum absolute atomic E-state index is 14.1. The number of nitrogens with one attached hydrogen (secondary N) is 1. The van der Waals surface area contributed by atoms with Crippen molar-refractivity contribution >= 4 is 26.8 Å². The molecule has 0 saturated carbocycles. The Hall–Kier alpha value is -2.50. The molecule has 0 fully saturated rings. The predicted molar refractivity (Wildman–Crippen MR) is 136 cm³/mol. The molecule has 2 N–H and O–H groups in total. The van der Waals surface area contributed by atoms with Crippen LogP contribution in [0.15, 0.2) is 0 Å². The van der Waals surface area contributed by atoms with Crippen LogP contribution in [0.3, 0.4) is 0 Å². The molecule has 0 heterocycles. The van der Waals surface area contributed by atoms with Crippen molar-refractivity contribution in [3.05, 3.63) is 0 Å². The molecule has 0 rings (SSSR count). The second kappa shape index (κ2) is 15.6. The molecule has 0 aliphatic rings. The number of carbonyl (C=O) groups excluding carboxylic acids is 1. The summed E-state index contributed by atoms with van der Waals surface area (Å²) in [6.07, 6.45) is -12.9. The van der Waals surface area contributed by atoms with Crippen LogP contribution < -0.4 is 5.32 Å². The number of hydrogen-bond donors (Lipinski definition) is 2. The van der Waals surface area contributed by atoms with Crippen LogP contribution in [0.4, 0.5) is 127 Å². The van der Waals surface area contributed by atoms with Gasteiger partial charge in [0.25, 0.3) is 10.1 Å². The molecular formula is C23H18F29NO5S2. The van der Waals surface area contributed by atoms with Crippen molar-refractivity contribution in [1.82, 2.24) is 5.32 Å². The molecule has 360 valence electrons. The fraction of sp³-hybridized carbons (Fsp3) is 0.957. The first-order valence-corrected chi connectivity index (χ1v) is 17.1. The van der Waals surface area contributed by atoms with Crippen LogP contribution in [0.2, 0.25) is 0 Å². The Morgan fingerprint density at radius 1 is 0.467 bits per heavy atom. The predicted octanol–water partition coefficient (Wildman–Crippen LogP) is 9.12. The molecule has 37 heteroatoms. The quantitative estimate of drug-likeness (QED) is 0.0884. The highest BCUT2D eigenvalue weighted by Crippen LogP contribution is 2.69. The molecule has 0 radical (unpaired) electrons. The first-order chi connectivity index (χ1) is 25.5. The molecule has 0 aromatic rings. The van der Waals surface area contributed by atoms with Gasteiger partial charge in [-0.3, -0.25) is 13.6 Å². The molecule has 0 bridgehead atoms. The molecule has 1 atom stereocenters. The minimum atomic E-state index is -10.0. The summed E-state index contributed by atoms with van der Waals surface area (Å²) in [5.41, 5.74) is -1.89. The summed E-state index contributed by atoms with van der Waals surface area (Å²) in [6, 6.07) is 0. The molecule has 0 aliphatic carbocycles. The van der Waals surface area contributed by atoms with Crippen LogP contribution in [0, 0.1) is 0 Å². The van der Waals surface area contributed by atoms with Crippen molar-refractivity contribution in [2.75, 3.05) is 17.3 Å². The van der Waals surface area contributed by atoms with E-state index in [-0.39, 0.29) is 0 Å². The Labute approximate surface area is 314 Å². The monoisotopic (exact) mass is 1000 g/mol. The summed E-state index contributed by atoms with van der Waals surface area (Å²) in [7, 11) is -8.10. The summed E-state index contributed by atoms with van der Waals surface area (Å²) >= 11 is 0. The van der Waals surface area contributed by atoms with Gasteiger partial charge in [-0.25, -0.2) is 0 Å². The van der Waals surface area contributed by atoms with E-state index in [4.69, 9.17) is 4.55 Å². The molecule has 0 spiro atoms. The van der Waals surface area contributed by atoms with Crippen LogP contribution in [-0.4, -0.2) is 129 Å². The van der Waals surface area contributed by atoms with Gasteiger partial charge in [0, 0.05) is 35.1 Å². The number of alkyl halides is 29. The minimum Gasteiger partial charge on any atom is -0.350 e. The van der Waals surface area contributed by atoms with Gasteiger partial charge in [0.1, 0.15) is 0 Å². The maximum atomic E-state index is 14.1. The molecule has 0 aromatic heterocycles. The lowest BCUT2D eigenvalue weighted by Gasteiger charge is -2.46. The van der Waals surface area contributed by atoms with Gasteiger partial charge >= 0.3 is 83.2 Å². The zero-order chi connectivity index (χ0) is 49.4. The average Bonchev–Trinajstić information content (AvgIpc) is 2.99. The first-order valence-electron chi connectivity index (χ1n) is 14.0. The highest BCUT2D eigenvalue weighted by Gasteiger charge is 3.00. The highest BCUT2D eigenvalue weighted by atomic mass is 32.2. The third kappa shape index (κ3) is 8.85. The Morgan fingerprint density at radius 3 is 0.967 bits per heavy atom. The van der Waals surface area contributed by atoms with Gasteiger partial charge in [0.2, 0.25) is 5.91 Å². The standard InChI is InChI=1S/C23H18F29NO5S2/c1-9(2,7-60(56,57)58)53-8(54)3-5-59(55)6-4-10(24,25)11(26,27)12(28,29)13(30,31)14(32,33)15(34,35)16(36,37)17(38,39)18(40,41)19(42,43)20(44,45)21(46,47)22(48,49)23(50,51)52/h3-7H2,1-2H3,(H,53,54)(H,56,57,58). The average molecular weight is 1000 g/mol. The maximum Gasteiger partial charge on any atom is 0.460 e. The van der Waals surface area contributed by atoms with Crippen molar-refractivity contribution in [3.63, 3.8) is 0 Å². The molecule has 0 aromatic carbocycles. The zero-order valence-corrected chi connectivity index (χ0v) is 29.5. The fourth-order valence-electron chi connectivity index (χ4n) is 4.02. The first kappa shape index (κ1) is 57.5. The summed E-state index contributed by atoms with van der Waals surface area (Å²) in [5.74, 6) is -128. The zero-order valence-electron chi connectivity index (χ0n) is 27.9. The van der Waals surface area contributed by atoms with E-state index in [1.54, 1.807) is 5.32 Å². The molecule has 6 nitrogen and oxygen atoms in total. The molecule has 1 amide bonds. The second-order valence-electron chi connectivity index (χ2n) is 12.6. The van der Waals surface area contributed by atoms with E-state index in [0.29, 0.717) is 0 Å². The van der Waals surface area contributed by atoms with E-state index in [0.717, 1.165) is 13.8 Å². The lowest BCUT2D eigenvalue weighted by atomic mass is 9.83. The molecule has 60 heavy (non-hydrogen) atoms. The van der Waals surface area contributed by atoms with Gasteiger partial charge in [-0.2, -0.15) is 136 Å². The number of amides is 1. The van der Waals surface area contributed by atoms with Gasteiger partial charge in [0.05, 0.1) is 11.3 Å². The van der Waals surface area contributed by atoms with E-state index in [9.17, 15) is 145 Å². The number of rotatable bonds is 21. The largest absolute Gasteiger partial charge is 0.460 e. The van der Waals surface area contributed by atoms with Crippen molar-refractivity contribution in [3.8, 4) is 0 Å². The minimum absolute atomic E-state index is 0.886. The molecule has 1 unspecified atom stereocenters. The van der Waals surface area contributed by atoms with Gasteiger partial charge in [-0.1, -0.05) is 0 Å². The van der Waals surface area contributed by atoms with Crippen molar-refractivity contribution in [1.29, 1.82) is 0 Å². The number of carbonyl (C=O) groups is 1. The Bertz CT molecular complexity index is 1700. The normalized spacial score (nSPS) is 16.9. The van der Waals surface area contributed by atoms with Crippen LogP contribution in [-0.2, 0) is 25.7 Å². The third-order valence-electron chi connectivity index (χ3n) is 7.37. The van der Waals surface area contributed by atoms with E-state index in [1.165, 1.54) is 0 Å². The van der Waals surface area contributed by atoms with E-state index >= 15 is 0 Å². The van der Waals surface area contributed by atoms with E-state index < -0.39 is 146 Å². The number of halogens is 29. The Kier molecular flexibility index (Phi) is 15.0. The lowest BCUT2D eigenvalue weighted by Crippen LogP contribution is -2.79. The van der Waals surface area contributed by atoms with Crippen LogP contribution in [0.25, 0.3) is 0 Å². The molecule has 0 aliphatic heterocycles. The van der Waals surface area contributed by atoms with E-state index in [2.05, 4.69) is 0 Å². The fourth-order valence-corrected chi connectivity index (χ4v) is 6.10. The van der Waals surface area contributed by atoms with Crippen LogP contribution in [0.1, 0.15) is 26.7 Å². The highest BCUT2D eigenvalue weighted by molar-refractivity contribution is 7.85. The van der Waals surface area contributed by atoms with Crippen LogP contribution in [0.5, 0.6) is 0 Å². The summed E-state index contributed by atoms with van der Waals surface area (Å²) in [4.78, 5) is 11.8. The molecule has 0 saturated heterocycles. The summed E-state index contributed by atoms with van der Waals surface area (Å²) in [5, 5.41) is 1.78. The lowest BCUT2D eigenvalue weighted by molar-refractivity contribution is -0.487. The summed E-state index contributed by atoms with van der Waals surface area (Å²) in [6.45, 7) is 1.77. The smallest absolute Gasteiger partial charge is 0.350 e. The van der Waals surface area contributed by atoms with Gasteiger partial charge in [0.15, 0.2) is 0 Å².